The van der Waals surface area contributed by atoms with Gasteiger partial charge in [-0.1, -0.05) is 6.07 Å². The molecular weight excluding hydrogens is 515 g/mol. The van der Waals surface area contributed by atoms with E-state index in [0.717, 1.165) is 12.1 Å². The van der Waals surface area contributed by atoms with Gasteiger partial charge in [0.2, 0.25) is 0 Å². The standard InChI is InChI=1S/C27H26F3N5O4/c1-34(2)11-12-38-24-10-7-17(27(28,29)30)13-23(24)33-26(37)32-18-5-4-6-19(14-18)39-20-8-9-22-21(15-20)25(36)35(3)16-31-22/h4-10,13-16H,11-12H2,1-3H3,(H2,32,33,37). The normalized spacial score (nSPS) is 11.5. The Morgan fingerprint density at radius 2 is 1.79 bits per heavy atom. The Morgan fingerprint density at radius 1 is 1.03 bits per heavy atom. The fourth-order valence-corrected chi connectivity index (χ4v) is 3.58. The van der Waals surface area contributed by atoms with Gasteiger partial charge in [-0.3, -0.25) is 4.79 Å². The molecule has 0 aliphatic heterocycles. The third kappa shape index (κ3) is 7.05. The first kappa shape index (κ1) is 27.5. The molecule has 0 atom stereocenters. The van der Waals surface area contributed by atoms with Crippen LogP contribution in [0.25, 0.3) is 10.9 Å². The molecule has 0 saturated heterocycles. The van der Waals surface area contributed by atoms with Gasteiger partial charge in [0.05, 0.1) is 28.5 Å². The number of alkyl halides is 3. The van der Waals surface area contributed by atoms with Crippen LogP contribution in [0.1, 0.15) is 5.56 Å². The first-order valence-corrected chi connectivity index (χ1v) is 11.8. The molecule has 4 rings (SSSR count). The summed E-state index contributed by atoms with van der Waals surface area (Å²) in [6.45, 7) is 0.743. The zero-order chi connectivity index (χ0) is 28.2. The van der Waals surface area contributed by atoms with Crippen molar-refractivity contribution in [1.29, 1.82) is 0 Å². The van der Waals surface area contributed by atoms with Gasteiger partial charge >= 0.3 is 12.2 Å². The minimum Gasteiger partial charge on any atom is -0.490 e. The van der Waals surface area contributed by atoms with E-state index in [9.17, 15) is 22.8 Å². The van der Waals surface area contributed by atoms with Crippen molar-refractivity contribution in [3.8, 4) is 17.2 Å². The topological polar surface area (TPSA) is 97.7 Å². The lowest BCUT2D eigenvalue weighted by atomic mass is 10.2. The lowest BCUT2D eigenvalue weighted by Crippen LogP contribution is -2.22. The number of carbonyl (C=O) groups is 1. The monoisotopic (exact) mass is 541 g/mol. The summed E-state index contributed by atoms with van der Waals surface area (Å²) < 4.78 is 52.7. The molecular formula is C27H26F3N5O4. The Labute approximate surface area is 221 Å². The third-order valence-corrected chi connectivity index (χ3v) is 5.57. The molecule has 0 saturated carbocycles. The summed E-state index contributed by atoms with van der Waals surface area (Å²) >= 11 is 0. The van der Waals surface area contributed by atoms with Crippen LogP contribution in [-0.4, -0.2) is 47.7 Å². The van der Waals surface area contributed by atoms with Crippen LogP contribution in [0.3, 0.4) is 0 Å². The van der Waals surface area contributed by atoms with Crippen LogP contribution in [-0.2, 0) is 13.2 Å². The Bertz CT molecular complexity index is 1550. The maximum atomic E-state index is 13.3. The fraction of sp³-hybridized carbons (Fsp3) is 0.222. The van der Waals surface area contributed by atoms with E-state index in [4.69, 9.17) is 9.47 Å². The molecule has 0 radical (unpaired) electrons. The molecule has 3 aromatic carbocycles. The number of urea groups is 1. The van der Waals surface area contributed by atoms with Crippen LogP contribution in [0.4, 0.5) is 29.3 Å². The number of nitrogens with zero attached hydrogens (tertiary/aromatic N) is 3. The second-order valence-electron chi connectivity index (χ2n) is 8.91. The van der Waals surface area contributed by atoms with Crippen molar-refractivity contribution in [1.82, 2.24) is 14.5 Å². The molecule has 1 heterocycles. The van der Waals surface area contributed by atoms with Crippen molar-refractivity contribution in [2.75, 3.05) is 37.9 Å². The number of halogens is 3. The number of carbonyl (C=O) groups excluding carboxylic acids is 1. The largest absolute Gasteiger partial charge is 0.490 e. The second-order valence-corrected chi connectivity index (χ2v) is 8.91. The zero-order valence-corrected chi connectivity index (χ0v) is 21.4. The molecule has 0 bridgehead atoms. The van der Waals surface area contributed by atoms with Crippen molar-refractivity contribution in [3.63, 3.8) is 0 Å². The van der Waals surface area contributed by atoms with Crippen LogP contribution in [0.15, 0.2) is 71.8 Å². The molecule has 12 heteroatoms. The SMILES string of the molecule is CN(C)CCOc1ccc(C(F)(F)F)cc1NC(=O)Nc1cccc(Oc2ccc3ncn(C)c(=O)c3c2)c1. The number of hydrogen-bond acceptors (Lipinski definition) is 6. The maximum Gasteiger partial charge on any atom is 0.416 e. The maximum absolute atomic E-state index is 13.3. The molecule has 9 nitrogen and oxygen atoms in total. The molecule has 1 aromatic heterocycles. The quantitative estimate of drug-likeness (QED) is 0.313. The van der Waals surface area contributed by atoms with E-state index in [1.54, 1.807) is 43.4 Å². The molecule has 2 amide bonds. The highest BCUT2D eigenvalue weighted by Crippen LogP contribution is 2.35. The summed E-state index contributed by atoms with van der Waals surface area (Å²) in [5, 5.41) is 5.41. The highest BCUT2D eigenvalue weighted by molar-refractivity contribution is 6.00. The van der Waals surface area contributed by atoms with Crippen molar-refractivity contribution >= 4 is 28.3 Å². The van der Waals surface area contributed by atoms with Crippen LogP contribution in [0, 0.1) is 0 Å². The highest BCUT2D eigenvalue weighted by atomic mass is 19.4. The number of amides is 2. The Balaban J connectivity index is 1.49. The van der Waals surface area contributed by atoms with E-state index < -0.39 is 17.8 Å². The van der Waals surface area contributed by atoms with E-state index in [-0.39, 0.29) is 23.6 Å². The predicted molar refractivity (Wildman–Crippen MR) is 142 cm³/mol. The van der Waals surface area contributed by atoms with Crippen molar-refractivity contribution < 1.29 is 27.4 Å². The van der Waals surface area contributed by atoms with Gasteiger partial charge in [-0.2, -0.15) is 13.2 Å². The molecule has 204 valence electrons. The molecule has 2 N–H and O–H groups in total. The molecule has 4 aromatic rings. The Hall–Kier alpha value is -4.58. The number of rotatable bonds is 8. The van der Waals surface area contributed by atoms with Crippen molar-refractivity contribution in [3.05, 3.63) is 82.9 Å². The summed E-state index contributed by atoms with van der Waals surface area (Å²) in [6, 6.07) is 13.4. The third-order valence-electron chi connectivity index (χ3n) is 5.57. The van der Waals surface area contributed by atoms with Gasteiger partial charge in [0.25, 0.3) is 5.56 Å². The van der Waals surface area contributed by atoms with Gasteiger partial charge in [0.1, 0.15) is 23.9 Å². The summed E-state index contributed by atoms with van der Waals surface area (Å²) in [5.74, 6) is 0.853. The fourth-order valence-electron chi connectivity index (χ4n) is 3.58. The number of aromatic nitrogens is 2. The number of anilines is 2. The van der Waals surface area contributed by atoms with E-state index in [1.807, 2.05) is 19.0 Å². The zero-order valence-electron chi connectivity index (χ0n) is 21.4. The average Bonchev–Trinajstić information content (AvgIpc) is 2.87. The van der Waals surface area contributed by atoms with Gasteiger partial charge in [-0.05, 0) is 62.6 Å². The minimum absolute atomic E-state index is 0.106. The van der Waals surface area contributed by atoms with Crippen LogP contribution in [0.5, 0.6) is 17.2 Å². The van der Waals surface area contributed by atoms with Crippen molar-refractivity contribution in [2.45, 2.75) is 6.18 Å². The molecule has 39 heavy (non-hydrogen) atoms. The molecule has 0 spiro atoms. The predicted octanol–water partition coefficient (Wildman–Crippen LogP) is 5.33. The first-order chi connectivity index (χ1) is 18.5. The van der Waals surface area contributed by atoms with Gasteiger partial charge < -0.3 is 29.6 Å². The Kier molecular flexibility index (Phi) is 8.05. The van der Waals surface area contributed by atoms with Crippen LogP contribution in [0.2, 0.25) is 0 Å². The van der Waals surface area contributed by atoms with Gasteiger partial charge in [0.15, 0.2) is 0 Å². The number of ether oxygens (including phenoxy) is 2. The number of likely N-dealkylation sites (N-methyl/N-ethyl adjacent to an activating group) is 1. The molecule has 0 unspecified atom stereocenters. The minimum atomic E-state index is -4.59. The lowest BCUT2D eigenvalue weighted by molar-refractivity contribution is -0.137. The van der Waals surface area contributed by atoms with E-state index in [1.165, 1.54) is 23.0 Å². The second kappa shape index (κ2) is 11.4. The molecule has 0 fully saturated rings. The van der Waals surface area contributed by atoms with Gasteiger partial charge in [-0.15, -0.1) is 0 Å². The van der Waals surface area contributed by atoms with Gasteiger partial charge in [0, 0.05) is 25.3 Å². The summed E-state index contributed by atoms with van der Waals surface area (Å²) in [4.78, 5) is 31.2. The van der Waals surface area contributed by atoms with Crippen LogP contribution < -0.4 is 25.7 Å². The number of nitrogens with one attached hydrogen (secondary N) is 2. The Morgan fingerprint density at radius 3 is 2.54 bits per heavy atom. The highest BCUT2D eigenvalue weighted by Gasteiger charge is 2.31. The van der Waals surface area contributed by atoms with Gasteiger partial charge in [-0.25, -0.2) is 9.78 Å². The first-order valence-electron chi connectivity index (χ1n) is 11.8. The van der Waals surface area contributed by atoms with E-state index in [2.05, 4.69) is 15.6 Å². The lowest BCUT2D eigenvalue weighted by Gasteiger charge is -2.17. The summed E-state index contributed by atoms with van der Waals surface area (Å²) in [6.07, 6.45) is -3.16. The van der Waals surface area contributed by atoms with E-state index >= 15 is 0 Å². The summed E-state index contributed by atoms with van der Waals surface area (Å²) in [5.41, 5.74) is -0.423. The number of hydrogen-bond donors (Lipinski definition) is 2. The van der Waals surface area contributed by atoms with Crippen LogP contribution >= 0.6 is 0 Å². The number of benzene rings is 3. The van der Waals surface area contributed by atoms with E-state index in [0.29, 0.717) is 34.6 Å². The molecule has 0 aliphatic rings. The average molecular weight is 542 g/mol. The number of aryl methyl sites for hydroxylation is 1. The van der Waals surface area contributed by atoms with Crippen molar-refractivity contribution in [2.24, 2.45) is 7.05 Å². The number of fused-ring (bicyclic) bond motifs is 1. The smallest absolute Gasteiger partial charge is 0.416 e. The molecule has 0 aliphatic carbocycles. The summed E-state index contributed by atoms with van der Waals surface area (Å²) in [7, 11) is 5.26.